The summed E-state index contributed by atoms with van der Waals surface area (Å²) in [6.07, 6.45) is 1.48. The van der Waals surface area contributed by atoms with Gasteiger partial charge in [0.2, 0.25) is 11.8 Å². The first-order valence-corrected chi connectivity index (χ1v) is 9.25. The minimum absolute atomic E-state index is 0. The highest BCUT2D eigenvalue weighted by molar-refractivity contribution is 5.94. The number of carbonyl (C=O) groups excluding carboxylic acids is 2. The molecule has 1 aromatic heterocycles. The van der Waals surface area contributed by atoms with Crippen molar-refractivity contribution in [3.8, 4) is 0 Å². The van der Waals surface area contributed by atoms with Crippen LogP contribution in [0.5, 0.6) is 0 Å². The molecule has 7 heteroatoms. The lowest BCUT2D eigenvalue weighted by atomic mass is 9.99. The van der Waals surface area contributed by atoms with Crippen LogP contribution in [0.15, 0.2) is 41.2 Å². The second-order valence-electron chi connectivity index (χ2n) is 7.22. The molecule has 0 fully saturated rings. The first-order valence-electron chi connectivity index (χ1n) is 9.25. The number of hydrogen-bond acceptors (Lipinski definition) is 3. The second-order valence-corrected chi connectivity index (χ2v) is 7.22. The van der Waals surface area contributed by atoms with Crippen LogP contribution in [0, 0.1) is 0 Å². The minimum Gasteiger partial charge on any atom is -0.352 e. The Kier molecular flexibility index (Phi) is 4.50. The lowest BCUT2D eigenvalue weighted by Crippen LogP contribution is -2.25. The van der Waals surface area contributed by atoms with Gasteiger partial charge in [-0.25, -0.2) is 4.79 Å². The van der Waals surface area contributed by atoms with Crippen molar-refractivity contribution in [3.05, 3.63) is 63.6 Å². The van der Waals surface area contributed by atoms with E-state index in [0.717, 1.165) is 39.8 Å². The Morgan fingerprint density at radius 1 is 1.04 bits per heavy atom. The molecule has 28 heavy (non-hydrogen) atoms. The predicted octanol–water partition coefficient (Wildman–Crippen LogP) is 2.11. The summed E-state index contributed by atoms with van der Waals surface area (Å²) in [5, 5.41) is 5.78. The number of hydrogen-bond donors (Lipinski definition) is 2. The van der Waals surface area contributed by atoms with Crippen LogP contribution in [0.25, 0.3) is 11.0 Å². The van der Waals surface area contributed by atoms with Crippen molar-refractivity contribution in [1.82, 2.24) is 14.5 Å². The normalized spacial score (nSPS) is 13.3. The Hall–Kier alpha value is -3.35. The van der Waals surface area contributed by atoms with Crippen LogP contribution < -0.4 is 16.3 Å². The Morgan fingerprint density at radius 3 is 2.61 bits per heavy atom. The molecule has 7 nitrogen and oxygen atoms in total. The summed E-state index contributed by atoms with van der Waals surface area (Å²) in [5.41, 5.74) is 5.32. The smallest absolute Gasteiger partial charge is 0.328 e. The maximum atomic E-state index is 12.3. The zero-order valence-electron chi connectivity index (χ0n) is 15.9. The summed E-state index contributed by atoms with van der Waals surface area (Å²) < 4.78 is 3.20. The summed E-state index contributed by atoms with van der Waals surface area (Å²) in [7, 11) is 3.48. The van der Waals surface area contributed by atoms with Crippen LogP contribution in [0.4, 0.5) is 5.69 Å². The van der Waals surface area contributed by atoms with Gasteiger partial charge in [0.05, 0.1) is 17.5 Å². The number of anilines is 1. The third kappa shape index (κ3) is 3.31. The molecule has 3 aromatic rings. The van der Waals surface area contributed by atoms with Crippen LogP contribution in [0.1, 0.15) is 26.0 Å². The van der Waals surface area contributed by atoms with Crippen molar-refractivity contribution in [2.24, 2.45) is 14.1 Å². The van der Waals surface area contributed by atoms with Gasteiger partial charge in [-0.05, 0) is 41.3 Å². The number of benzene rings is 2. The predicted molar refractivity (Wildman–Crippen MR) is 111 cm³/mol. The average Bonchev–Trinajstić information content (AvgIpc) is 2.90. The van der Waals surface area contributed by atoms with Gasteiger partial charge in [-0.15, -0.1) is 0 Å². The monoisotopic (exact) mass is 382 g/mol. The highest BCUT2D eigenvalue weighted by Gasteiger charge is 2.15. The van der Waals surface area contributed by atoms with Crippen LogP contribution in [0.2, 0.25) is 0 Å². The van der Waals surface area contributed by atoms with Crippen LogP contribution in [-0.2, 0) is 43.1 Å². The molecule has 0 aliphatic carbocycles. The maximum absolute atomic E-state index is 12.3. The first kappa shape index (κ1) is 18.0. The Bertz CT molecular complexity index is 1170. The molecule has 0 spiro atoms. The SMILES string of the molecule is Cn1c(=O)n(C)c2cc(CNC(=O)Cc3ccc4c(c3)NC(=O)CC4)ccc21.[HH].[HH]. The number of amides is 2. The van der Waals surface area contributed by atoms with E-state index in [4.69, 9.17) is 0 Å². The van der Waals surface area contributed by atoms with E-state index >= 15 is 0 Å². The lowest BCUT2D eigenvalue weighted by molar-refractivity contribution is -0.120. The minimum atomic E-state index is -0.0934. The second kappa shape index (κ2) is 6.99. The van der Waals surface area contributed by atoms with Gasteiger partial charge in [0.15, 0.2) is 0 Å². The van der Waals surface area contributed by atoms with E-state index in [-0.39, 0.29) is 26.8 Å². The zero-order chi connectivity index (χ0) is 19.8. The third-order valence-electron chi connectivity index (χ3n) is 5.26. The molecular formula is C21H26N4O3. The molecule has 2 heterocycles. The number of rotatable bonds is 4. The van der Waals surface area contributed by atoms with Crippen LogP contribution >= 0.6 is 0 Å². The van der Waals surface area contributed by atoms with Gasteiger partial charge >= 0.3 is 5.69 Å². The molecule has 148 valence electrons. The third-order valence-corrected chi connectivity index (χ3v) is 5.26. The number of imidazole rings is 1. The number of aryl methyl sites for hydroxylation is 3. The number of nitrogens with one attached hydrogen (secondary N) is 2. The van der Waals surface area contributed by atoms with Crippen LogP contribution in [-0.4, -0.2) is 20.9 Å². The maximum Gasteiger partial charge on any atom is 0.328 e. The standard InChI is InChI=1S/C21H22N4O3.2H2/c1-24-17-7-4-14(10-18(17)25(2)21(24)28)12-22-20(27)11-13-3-5-15-6-8-19(26)23-16(15)9-13;;/h3-5,7,9-10H,6,8,11-12H2,1-2H3,(H,22,27)(H,23,26);2*1H. The van der Waals surface area contributed by atoms with Crippen molar-refractivity contribution in [1.29, 1.82) is 0 Å². The highest BCUT2D eigenvalue weighted by atomic mass is 16.2. The molecule has 0 saturated carbocycles. The molecule has 1 aliphatic heterocycles. The molecule has 0 bridgehead atoms. The van der Waals surface area contributed by atoms with Crippen LogP contribution in [0.3, 0.4) is 0 Å². The van der Waals surface area contributed by atoms with Gasteiger partial charge in [0.25, 0.3) is 0 Å². The average molecular weight is 382 g/mol. The Morgan fingerprint density at radius 2 is 1.79 bits per heavy atom. The molecule has 0 radical (unpaired) electrons. The Balaban J connectivity index is 0.00000160. The van der Waals surface area contributed by atoms with E-state index in [1.807, 2.05) is 36.4 Å². The molecule has 2 aromatic carbocycles. The van der Waals surface area contributed by atoms with E-state index in [1.165, 1.54) is 0 Å². The number of aromatic nitrogens is 2. The van der Waals surface area contributed by atoms with Gasteiger partial charge < -0.3 is 10.6 Å². The lowest BCUT2D eigenvalue weighted by Gasteiger charge is -2.17. The summed E-state index contributed by atoms with van der Waals surface area (Å²) in [6.45, 7) is 0.388. The fourth-order valence-corrected chi connectivity index (χ4v) is 3.64. The molecule has 0 unspecified atom stereocenters. The number of fused-ring (bicyclic) bond motifs is 2. The summed E-state index contributed by atoms with van der Waals surface area (Å²) >= 11 is 0. The largest absolute Gasteiger partial charge is 0.352 e. The van der Waals surface area contributed by atoms with E-state index < -0.39 is 0 Å². The molecule has 2 amide bonds. The summed E-state index contributed by atoms with van der Waals surface area (Å²) in [5.74, 6) is -0.0797. The zero-order valence-corrected chi connectivity index (χ0v) is 15.9. The van der Waals surface area contributed by atoms with E-state index in [2.05, 4.69) is 10.6 Å². The molecular weight excluding hydrogens is 356 g/mol. The number of carbonyl (C=O) groups is 2. The topological polar surface area (TPSA) is 85.1 Å². The molecule has 0 saturated heterocycles. The van der Waals surface area contributed by atoms with Gasteiger partial charge in [-0.3, -0.25) is 18.7 Å². The first-order chi connectivity index (χ1) is 13.4. The fourth-order valence-electron chi connectivity index (χ4n) is 3.64. The van der Waals surface area contributed by atoms with E-state index in [0.29, 0.717) is 13.0 Å². The summed E-state index contributed by atoms with van der Waals surface area (Å²) in [4.78, 5) is 35.9. The van der Waals surface area contributed by atoms with Crippen molar-refractivity contribution in [3.63, 3.8) is 0 Å². The number of nitrogens with zero attached hydrogens (tertiary/aromatic N) is 2. The van der Waals surface area contributed by atoms with E-state index in [9.17, 15) is 14.4 Å². The van der Waals surface area contributed by atoms with Crippen molar-refractivity contribution in [2.45, 2.75) is 25.8 Å². The molecule has 1 aliphatic rings. The fraction of sp³-hybridized carbons (Fsp3) is 0.286. The van der Waals surface area contributed by atoms with E-state index in [1.54, 1.807) is 23.2 Å². The molecule has 0 atom stereocenters. The van der Waals surface area contributed by atoms with Gasteiger partial charge in [-0.2, -0.15) is 0 Å². The molecule has 4 rings (SSSR count). The van der Waals surface area contributed by atoms with Crippen molar-refractivity contribution < 1.29 is 12.4 Å². The van der Waals surface area contributed by atoms with Gasteiger partial charge in [-0.1, -0.05) is 18.2 Å². The Labute approximate surface area is 164 Å². The van der Waals surface area contributed by atoms with Crippen molar-refractivity contribution >= 4 is 28.5 Å². The van der Waals surface area contributed by atoms with Crippen molar-refractivity contribution in [2.75, 3.05) is 5.32 Å². The highest BCUT2D eigenvalue weighted by Crippen LogP contribution is 2.24. The quantitative estimate of drug-likeness (QED) is 0.725. The van der Waals surface area contributed by atoms with Gasteiger partial charge in [0.1, 0.15) is 0 Å². The molecule has 2 N–H and O–H groups in total. The summed E-state index contributed by atoms with van der Waals surface area (Å²) in [6, 6.07) is 11.5. The van der Waals surface area contributed by atoms with Gasteiger partial charge in [0, 0.05) is 35.6 Å².